The van der Waals surface area contributed by atoms with E-state index in [9.17, 15) is 19.2 Å². The molecule has 1 aromatic heterocycles. The number of pyridine rings is 1. The first kappa shape index (κ1) is 17.1. The Morgan fingerprint density at radius 2 is 1.00 bits per heavy atom. The number of hydrogen-bond acceptors (Lipinski definition) is 9. The predicted octanol–water partition coefficient (Wildman–Crippen LogP) is 0.228. The molecule has 0 fully saturated rings. The molecule has 0 N–H and O–H groups in total. The maximum Gasteiger partial charge on any atom is 0.357 e. The monoisotopic (exact) mass is 311 g/mol. The molecule has 9 heteroatoms. The van der Waals surface area contributed by atoms with Crippen LogP contribution in [0.25, 0.3) is 0 Å². The summed E-state index contributed by atoms with van der Waals surface area (Å²) in [6.07, 6.45) is 0. The molecule has 0 aliphatic carbocycles. The summed E-state index contributed by atoms with van der Waals surface area (Å²) in [5, 5.41) is 0. The second kappa shape index (κ2) is 7.16. The van der Waals surface area contributed by atoms with Crippen molar-refractivity contribution in [3.63, 3.8) is 0 Å². The lowest BCUT2D eigenvalue weighted by atomic mass is 10.1. The molecule has 0 amide bonds. The van der Waals surface area contributed by atoms with Crippen LogP contribution in [0.4, 0.5) is 0 Å². The van der Waals surface area contributed by atoms with Crippen molar-refractivity contribution in [1.29, 1.82) is 0 Å². The minimum Gasteiger partial charge on any atom is -0.465 e. The molecule has 0 saturated heterocycles. The quantitative estimate of drug-likeness (QED) is 0.568. The third-order valence-corrected chi connectivity index (χ3v) is 2.59. The Balaban J connectivity index is 3.70. The molecule has 0 bridgehead atoms. The summed E-state index contributed by atoms with van der Waals surface area (Å²) in [5.74, 6) is -3.84. The zero-order valence-corrected chi connectivity index (χ0v) is 12.3. The molecular formula is C13H13NO8. The van der Waals surface area contributed by atoms with Crippen LogP contribution in [0.15, 0.2) is 6.07 Å². The van der Waals surface area contributed by atoms with Gasteiger partial charge in [-0.3, -0.25) is 0 Å². The molecule has 1 heterocycles. The number of methoxy groups -OCH3 is 4. The fourth-order valence-corrected chi connectivity index (χ4v) is 1.55. The minimum atomic E-state index is -0.984. The Morgan fingerprint density at radius 1 is 0.682 bits per heavy atom. The lowest BCUT2D eigenvalue weighted by Gasteiger charge is -2.11. The van der Waals surface area contributed by atoms with Gasteiger partial charge in [-0.1, -0.05) is 0 Å². The molecule has 0 spiro atoms. The summed E-state index contributed by atoms with van der Waals surface area (Å²) in [5.41, 5.74) is -1.66. The van der Waals surface area contributed by atoms with Gasteiger partial charge in [0.05, 0.1) is 39.6 Å². The van der Waals surface area contributed by atoms with E-state index in [-0.39, 0.29) is 11.1 Å². The van der Waals surface area contributed by atoms with Gasteiger partial charge < -0.3 is 18.9 Å². The first-order valence-electron chi connectivity index (χ1n) is 5.79. The largest absolute Gasteiger partial charge is 0.465 e. The Kier molecular flexibility index (Phi) is 5.56. The summed E-state index contributed by atoms with van der Waals surface area (Å²) < 4.78 is 18.0. The van der Waals surface area contributed by atoms with Crippen molar-refractivity contribution in [2.45, 2.75) is 0 Å². The lowest BCUT2D eigenvalue weighted by molar-refractivity contribution is 0.0528. The highest BCUT2D eigenvalue weighted by Gasteiger charge is 2.29. The second-order valence-electron chi connectivity index (χ2n) is 3.75. The van der Waals surface area contributed by atoms with E-state index < -0.39 is 35.3 Å². The number of esters is 4. The van der Waals surface area contributed by atoms with E-state index in [0.29, 0.717) is 0 Å². The van der Waals surface area contributed by atoms with Crippen molar-refractivity contribution in [1.82, 2.24) is 4.98 Å². The molecule has 0 aliphatic heterocycles. The molecule has 1 rings (SSSR count). The van der Waals surface area contributed by atoms with Crippen LogP contribution in [0, 0.1) is 0 Å². The molecule has 0 aromatic carbocycles. The van der Waals surface area contributed by atoms with Crippen LogP contribution in [0.2, 0.25) is 0 Å². The van der Waals surface area contributed by atoms with Gasteiger partial charge in [0.2, 0.25) is 0 Å². The van der Waals surface area contributed by atoms with Crippen molar-refractivity contribution in [3.8, 4) is 0 Å². The molecule has 0 atom stereocenters. The van der Waals surface area contributed by atoms with Gasteiger partial charge in [0.15, 0.2) is 11.4 Å². The predicted molar refractivity (Wildman–Crippen MR) is 69.6 cm³/mol. The highest BCUT2D eigenvalue weighted by Crippen LogP contribution is 2.18. The van der Waals surface area contributed by atoms with Gasteiger partial charge in [-0.05, 0) is 6.07 Å². The van der Waals surface area contributed by atoms with E-state index in [1.54, 1.807) is 0 Å². The lowest BCUT2D eigenvalue weighted by Crippen LogP contribution is -2.21. The molecule has 0 unspecified atom stereocenters. The van der Waals surface area contributed by atoms with Gasteiger partial charge >= 0.3 is 23.9 Å². The van der Waals surface area contributed by atoms with Crippen LogP contribution in [0.3, 0.4) is 0 Å². The Bertz CT molecular complexity index is 531. The maximum absolute atomic E-state index is 11.7. The van der Waals surface area contributed by atoms with Crippen LogP contribution < -0.4 is 0 Å². The fraction of sp³-hybridized carbons (Fsp3) is 0.308. The van der Waals surface area contributed by atoms with E-state index >= 15 is 0 Å². The van der Waals surface area contributed by atoms with Crippen molar-refractivity contribution < 1.29 is 38.1 Å². The number of ether oxygens (including phenoxy) is 4. The summed E-state index contributed by atoms with van der Waals surface area (Å²) in [4.78, 5) is 50.6. The first-order chi connectivity index (χ1) is 10.4. The average molecular weight is 311 g/mol. The second-order valence-corrected chi connectivity index (χ2v) is 3.75. The minimum absolute atomic E-state index is 0.345. The third-order valence-electron chi connectivity index (χ3n) is 2.59. The highest BCUT2D eigenvalue weighted by molar-refractivity contribution is 6.07. The maximum atomic E-state index is 11.7. The summed E-state index contributed by atoms with van der Waals surface area (Å²) >= 11 is 0. The molecule has 22 heavy (non-hydrogen) atoms. The normalized spacial score (nSPS) is 9.64. The number of carbonyl (C=O) groups excluding carboxylic acids is 4. The summed E-state index contributed by atoms with van der Waals surface area (Å²) in [6.45, 7) is 0. The highest BCUT2D eigenvalue weighted by atomic mass is 16.5. The van der Waals surface area contributed by atoms with Gasteiger partial charge in [-0.2, -0.15) is 0 Å². The van der Waals surface area contributed by atoms with Crippen LogP contribution in [-0.4, -0.2) is 57.3 Å². The number of nitrogens with zero attached hydrogens (tertiary/aromatic N) is 1. The Hall–Kier alpha value is -2.97. The van der Waals surface area contributed by atoms with E-state index in [2.05, 4.69) is 23.9 Å². The molecular weight excluding hydrogens is 298 g/mol. The van der Waals surface area contributed by atoms with Gasteiger partial charge in [-0.15, -0.1) is 0 Å². The summed E-state index contributed by atoms with van der Waals surface area (Å²) in [6, 6.07) is 0.961. The van der Waals surface area contributed by atoms with Crippen LogP contribution in [-0.2, 0) is 18.9 Å². The zero-order valence-electron chi connectivity index (χ0n) is 12.3. The molecule has 118 valence electrons. The van der Waals surface area contributed by atoms with Crippen LogP contribution >= 0.6 is 0 Å². The third kappa shape index (κ3) is 3.19. The molecule has 1 aromatic rings. The van der Waals surface area contributed by atoms with Gasteiger partial charge in [-0.25, -0.2) is 24.2 Å². The molecule has 0 saturated carbocycles. The molecule has 0 radical (unpaired) electrons. The Labute approximate surface area is 125 Å². The molecule has 9 nitrogen and oxygen atoms in total. The average Bonchev–Trinajstić information content (AvgIpc) is 2.57. The summed E-state index contributed by atoms with van der Waals surface area (Å²) in [7, 11) is 4.29. The standard InChI is InChI=1S/C13H13NO8/c1-19-10(15)6-5-7(11(16)20-2)9(13(18)22-4)14-8(6)12(17)21-3/h5H,1-4H3. The smallest absolute Gasteiger partial charge is 0.357 e. The van der Waals surface area contributed by atoms with Gasteiger partial charge in [0.1, 0.15) is 0 Å². The SMILES string of the molecule is COC(=O)c1cc(C(=O)OC)c(C(=O)OC)nc1C(=O)OC. The van der Waals surface area contributed by atoms with Gasteiger partial charge in [0.25, 0.3) is 0 Å². The van der Waals surface area contributed by atoms with Crippen LogP contribution in [0.1, 0.15) is 41.7 Å². The van der Waals surface area contributed by atoms with E-state index in [4.69, 9.17) is 0 Å². The fourth-order valence-electron chi connectivity index (χ4n) is 1.55. The van der Waals surface area contributed by atoms with E-state index in [1.807, 2.05) is 0 Å². The number of aromatic nitrogens is 1. The van der Waals surface area contributed by atoms with Crippen molar-refractivity contribution in [2.75, 3.05) is 28.4 Å². The number of hydrogen-bond donors (Lipinski definition) is 0. The Morgan fingerprint density at radius 3 is 1.27 bits per heavy atom. The first-order valence-corrected chi connectivity index (χ1v) is 5.79. The van der Waals surface area contributed by atoms with Gasteiger partial charge in [0, 0.05) is 0 Å². The molecule has 0 aliphatic rings. The van der Waals surface area contributed by atoms with E-state index in [0.717, 1.165) is 34.5 Å². The zero-order chi connectivity index (χ0) is 16.9. The van der Waals surface area contributed by atoms with Crippen molar-refractivity contribution >= 4 is 23.9 Å². The van der Waals surface area contributed by atoms with Crippen molar-refractivity contribution in [2.24, 2.45) is 0 Å². The van der Waals surface area contributed by atoms with Crippen LogP contribution in [0.5, 0.6) is 0 Å². The van der Waals surface area contributed by atoms with Crippen molar-refractivity contribution in [3.05, 3.63) is 28.6 Å². The number of rotatable bonds is 4. The number of carbonyl (C=O) groups is 4. The topological polar surface area (TPSA) is 118 Å². The van der Waals surface area contributed by atoms with E-state index in [1.165, 1.54) is 0 Å².